The minimum absolute atomic E-state index is 0.179. The first kappa shape index (κ1) is 14.3. The lowest BCUT2D eigenvalue weighted by Gasteiger charge is -2.33. The van der Waals surface area contributed by atoms with Crippen molar-refractivity contribution in [3.05, 3.63) is 0 Å². The fourth-order valence-corrected chi connectivity index (χ4v) is 3.30. The number of amides is 1. The molecule has 0 aromatic carbocycles. The minimum atomic E-state index is 0.179. The Balaban J connectivity index is 1.51. The predicted octanol–water partition coefficient (Wildman–Crippen LogP) is 0.450. The molecular formula is C15H27N3O2. The Bertz CT molecular complexity index is 340. The number of hydrogen-bond donors (Lipinski definition) is 1. The first-order valence-corrected chi connectivity index (χ1v) is 8.09. The maximum absolute atomic E-state index is 12.5. The number of nitrogens with one attached hydrogen (secondary N) is 1. The van der Waals surface area contributed by atoms with Gasteiger partial charge in [0.2, 0.25) is 5.91 Å². The molecule has 0 aromatic heterocycles. The molecule has 3 aliphatic rings. The molecule has 0 aromatic rings. The minimum Gasteiger partial charge on any atom is -0.375 e. The first-order chi connectivity index (χ1) is 9.72. The van der Waals surface area contributed by atoms with Gasteiger partial charge < -0.3 is 15.0 Å². The molecular weight excluding hydrogens is 254 g/mol. The molecule has 3 rings (SSSR count). The molecule has 2 atom stereocenters. The van der Waals surface area contributed by atoms with Gasteiger partial charge in [-0.2, -0.15) is 0 Å². The fraction of sp³-hybridized carbons (Fsp3) is 0.933. The van der Waals surface area contributed by atoms with Crippen LogP contribution in [0.3, 0.4) is 0 Å². The molecule has 0 radical (unpaired) electrons. The van der Waals surface area contributed by atoms with Gasteiger partial charge in [0.25, 0.3) is 0 Å². The van der Waals surface area contributed by atoms with E-state index in [0.29, 0.717) is 25.2 Å². The van der Waals surface area contributed by atoms with Crippen LogP contribution >= 0.6 is 0 Å². The zero-order chi connectivity index (χ0) is 13.9. The van der Waals surface area contributed by atoms with E-state index in [1.807, 2.05) is 11.8 Å². The molecule has 5 nitrogen and oxygen atoms in total. The van der Waals surface area contributed by atoms with Gasteiger partial charge in [-0.15, -0.1) is 0 Å². The molecule has 2 saturated heterocycles. The summed E-state index contributed by atoms with van der Waals surface area (Å²) in [6.45, 7) is 6.99. The van der Waals surface area contributed by atoms with Crippen LogP contribution in [-0.4, -0.2) is 73.2 Å². The summed E-state index contributed by atoms with van der Waals surface area (Å²) in [5.41, 5.74) is 0. The van der Waals surface area contributed by atoms with Crippen molar-refractivity contribution in [1.82, 2.24) is 15.1 Å². The van der Waals surface area contributed by atoms with Crippen LogP contribution in [-0.2, 0) is 9.53 Å². The van der Waals surface area contributed by atoms with Crippen molar-refractivity contribution in [2.45, 2.75) is 50.8 Å². The smallest absolute Gasteiger partial charge is 0.236 e. The molecule has 0 bridgehead atoms. The molecule has 0 spiro atoms. The Labute approximate surface area is 121 Å². The number of morpholine rings is 1. The second-order valence-corrected chi connectivity index (χ2v) is 6.48. The van der Waals surface area contributed by atoms with Gasteiger partial charge in [-0.3, -0.25) is 9.69 Å². The highest BCUT2D eigenvalue weighted by molar-refractivity contribution is 5.78. The standard InChI is InChI=1S/C15H27N3O2/c1-12-9-17(7-8-20-12)15(19)11-18(14-4-5-14)10-13-3-2-6-16-13/h12-14,16H,2-11H2,1H3. The van der Waals surface area contributed by atoms with Crippen molar-refractivity contribution < 1.29 is 9.53 Å². The molecule has 2 aliphatic heterocycles. The van der Waals surface area contributed by atoms with Crippen LogP contribution in [0.2, 0.25) is 0 Å². The van der Waals surface area contributed by atoms with Crippen molar-refractivity contribution in [3.8, 4) is 0 Å². The van der Waals surface area contributed by atoms with Gasteiger partial charge in [0.15, 0.2) is 0 Å². The lowest BCUT2D eigenvalue weighted by atomic mass is 10.2. The molecule has 1 aliphatic carbocycles. The lowest BCUT2D eigenvalue weighted by molar-refractivity contribution is -0.139. The molecule has 3 fully saturated rings. The SMILES string of the molecule is CC1CN(C(=O)CN(CC2CCCN2)C2CC2)CCO1. The van der Waals surface area contributed by atoms with E-state index >= 15 is 0 Å². The van der Waals surface area contributed by atoms with Crippen LogP contribution in [0.4, 0.5) is 0 Å². The van der Waals surface area contributed by atoms with Crippen LogP contribution in [0, 0.1) is 0 Å². The Hall–Kier alpha value is -0.650. The average molecular weight is 281 g/mol. The van der Waals surface area contributed by atoms with Crippen molar-refractivity contribution in [3.63, 3.8) is 0 Å². The summed E-state index contributed by atoms with van der Waals surface area (Å²) < 4.78 is 5.51. The zero-order valence-corrected chi connectivity index (χ0v) is 12.5. The summed E-state index contributed by atoms with van der Waals surface area (Å²) in [6.07, 6.45) is 5.24. The third kappa shape index (κ3) is 3.71. The molecule has 5 heteroatoms. The Morgan fingerprint density at radius 3 is 2.90 bits per heavy atom. The number of carbonyl (C=O) groups excluding carboxylic acids is 1. The quantitative estimate of drug-likeness (QED) is 0.795. The van der Waals surface area contributed by atoms with Crippen molar-refractivity contribution in [2.75, 3.05) is 39.3 Å². The van der Waals surface area contributed by atoms with Crippen LogP contribution in [0.1, 0.15) is 32.6 Å². The fourth-order valence-electron chi connectivity index (χ4n) is 3.30. The Morgan fingerprint density at radius 1 is 1.40 bits per heavy atom. The van der Waals surface area contributed by atoms with E-state index in [1.165, 1.54) is 25.7 Å². The third-order valence-corrected chi connectivity index (χ3v) is 4.61. The van der Waals surface area contributed by atoms with Crippen LogP contribution in [0.5, 0.6) is 0 Å². The third-order valence-electron chi connectivity index (χ3n) is 4.61. The first-order valence-electron chi connectivity index (χ1n) is 8.09. The van der Waals surface area contributed by atoms with Gasteiger partial charge in [-0.05, 0) is 39.2 Å². The molecule has 1 saturated carbocycles. The summed E-state index contributed by atoms with van der Waals surface area (Å²) in [5, 5.41) is 3.54. The maximum atomic E-state index is 12.5. The molecule has 20 heavy (non-hydrogen) atoms. The Morgan fingerprint density at radius 2 is 2.25 bits per heavy atom. The van der Waals surface area contributed by atoms with E-state index in [2.05, 4.69) is 10.2 Å². The summed E-state index contributed by atoms with van der Waals surface area (Å²) in [7, 11) is 0. The summed E-state index contributed by atoms with van der Waals surface area (Å²) in [5.74, 6) is 0.282. The van der Waals surface area contributed by atoms with E-state index in [4.69, 9.17) is 4.74 Å². The van der Waals surface area contributed by atoms with E-state index in [9.17, 15) is 4.79 Å². The second kappa shape index (κ2) is 6.41. The largest absolute Gasteiger partial charge is 0.375 e. The van der Waals surface area contributed by atoms with E-state index in [0.717, 1.165) is 26.2 Å². The molecule has 1 amide bonds. The molecule has 114 valence electrons. The number of carbonyl (C=O) groups is 1. The molecule has 2 heterocycles. The molecule has 1 N–H and O–H groups in total. The van der Waals surface area contributed by atoms with Gasteiger partial charge in [0, 0.05) is 31.7 Å². The van der Waals surface area contributed by atoms with E-state index in [-0.39, 0.29) is 12.0 Å². The highest BCUT2D eigenvalue weighted by Crippen LogP contribution is 2.27. The highest BCUT2D eigenvalue weighted by atomic mass is 16.5. The topological polar surface area (TPSA) is 44.8 Å². The summed E-state index contributed by atoms with van der Waals surface area (Å²) in [4.78, 5) is 16.9. The van der Waals surface area contributed by atoms with Gasteiger partial charge in [-0.1, -0.05) is 0 Å². The molecule has 2 unspecified atom stereocenters. The maximum Gasteiger partial charge on any atom is 0.236 e. The number of hydrogen-bond acceptors (Lipinski definition) is 4. The zero-order valence-electron chi connectivity index (χ0n) is 12.5. The number of rotatable bonds is 5. The second-order valence-electron chi connectivity index (χ2n) is 6.48. The monoisotopic (exact) mass is 281 g/mol. The summed E-state index contributed by atoms with van der Waals surface area (Å²) in [6, 6.07) is 1.24. The highest BCUT2D eigenvalue weighted by Gasteiger charge is 2.33. The number of ether oxygens (including phenoxy) is 1. The van der Waals surface area contributed by atoms with Crippen LogP contribution < -0.4 is 5.32 Å². The van der Waals surface area contributed by atoms with Crippen LogP contribution in [0.25, 0.3) is 0 Å². The number of nitrogens with zero attached hydrogens (tertiary/aromatic N) is 2. The summed E-state index contributed by atoms with van der Waals surface area (Å²) >= 11 is 0. The Kier molecular flexibility index (Phi) is 4.58. The predicted molar refractivity (Wildman–Crippen MR) is 77.6 cm³/mol. The van der Waals surface area contributed by atoms with Crippen molar-refractivity contribution >= 4 is 5.91 Å². The van der Waals surface area contributed by atoms with Crippen molar-refractivity contribution in [2.24, 2.45) is 0 Å². The van der Waals surface area contributed by atoms with Crippen molar-refractivity contribution in [1.29, 1.82) is 0 Å². The van der Waals surface area contributed by atoms with Gasteiger partial charge in [0.05, 0.1) is 19.3 Å². The van der Waals surface area contributed by atoms with Crippen LogP contribution in [0.15, 0.2) is 0 Å². The normalized spacial score (nSPS) is 31.0. The van der Waals surface area contributed by atoms with E-state index < -0.39 is 0 Å². The van der Waals surface area contributed by atoms with Gasteiger partial charge in [0.1, 0.15) is 0 Å². The van der Waals surface area contributed by atoms with E-state index in [1.54, 1.807) is 0 Å². The van der Waals surface area contributed by atoms with Gasteiger partial charge >= 0.3 is 0 Å². The lowest BCUT2D eigenvalue weighted by Crippen LogP contribution is -2.50. The average Bonchev–Trinajstić information content (AvgIpc) is 3.16. The van der Waals surface area contributed by atoms with Gasteiger partial charge in [-0.25, -0.2) is 0 Å².